The first kappa shape index (κ1) is 52.8. The van der Waals surface area contributed by atoms with Crippen molar-refractivity contribution in [2.24, 2.45) is 0 Å². The van der Waals surface area contributed by atoms with Crippen molar-refractivity contribution in [2.75, 3.05) is 6.61 Å². The number of allylic oxidation sites excluding steroid dienone is 3. The fraction of sp³-hybridized carbons (Fsp3) is 0.881. The third kappa shape index (κ3) is 24.6. The van der Waals surface area contributed by atoms with E-state index in [-0.39, 0.29) is 6.42 Å². The van der Waals surface area contributed by atoms with Gasteiger partial charge < -0.3 is 46.0 Å². The summed E-state index contributed by atoms with van der Waals surface area (Å²) in [6, 6.07) is -1.25. The number of aliphatic hydroxyl groups excluding tert-OH is 7. The van der Waals surface area contributed by atoms with Crippen molar-refractivity contribution in [3.63, 3.8) is 0 Å². The monoisotopic (exact) mass is 822 g/mol. The number of amides is 1. The standard InChI is InChI=1S/C42H80NO12P/c1-3-5-7-9-11-13-15-17-18-19-21-23-25-27-29-33(44)31-36(46)43-34(35(45)30-28-26-24-22-20-16-14-12-10-8-6-4-2)32-54-56(52,53)55-42-40(50)38(48)37(47)39(49)41(42)51/h20,22,28,30,33-35,37-42,44-45,47-51H,3-19,21,23-27,29,31-32H2,1-2H3,(H,43,46)(H,52,53)/b22-20+,30-28+. The molecule has 330 valence electrons. The Hall–Kier alpha value is -1.22. The van der Waals surface area contributed by atoms with E-state index in [1.807, 2.05) is 0 Å². The Balaban J connectivity index is 2.60. The van der Waals surface area contributed by atoms with Gasteiger partial charge in [0, 0.05) is 0 Å². The van der Waals surface area contributed by atoms with E-state index in [1.165, 1.54) is 102 Å². The zero-order valence-electron chi connectivity index (χ0n) is 34.5. The van der Waals surface area contributed by atoms with Crippen molar-refractivity contribution >= 4 is 13.7 Å². The molecule has 0 bridgehead atoms. The number of nitrogens with one attached hydrogen (secondary N) is 1. The van der Waals surface area contributed by atoms with Crippen LogP contribution in [0.3, 0.4) is 0 Å². The molecule has 0 aromatic rings. The molecule has 0 heterocycles. The first-order valence-electron chi connectivity index (χ1n) is 21.9. The maximum absolute atomic E-state index is 12.9. The van der Waals surface area contributed by atoms with Crippen molar-refractivity contribution in [1.29, 1.82) is 0 Å². The van der Waals surface area contributed by atoms with Gasteiger partial charge in [-0.15, -0.1) is 0 Å². The van der Waals surface area contributed by atoms with Crippen LogP contribution in [0.15, 0.2) is 24.3 Å². The largest absolute Gasteiger partial charge is 0.472 e. The summed E-state index contributed by atoms with van der Waals surface area (Å²) in [5, 5.41) is 74.2. The number of phosphoric ester groups is 1. The Morgan fingerprint density at radius 2 is 1.05 bits per heavy atom. The molecule has 1 aliphatic rings. The second-order valence-corrected chi connectivity index (χ2v) is 17.1. The van der Waals surface area contributed by atoms with E-state index in [1.54, 1.807) is 6.08 Å². The second-order valence-electron chi connectivity index (χ2n) is 15.7. The number of hydrogen-bond donors (Lipinski definition) is 9. The van der Waals surface area contributed by atoms with Gasteiger partial charge in [-0.1, -0.05) is 160 Å². The van der Waals surface area contributed by atoms with Gasteiger partial charge in [-0.2, -0.15) is 0 Å². The van der Waals surface area contributed by atoms with Gasteiger partial charge in [-0.25, -0.2) is 4.57 Å². The number of rotatable bonds is 35. The highest BCUT2D eigenvalue weighted by Crippen LogP contribution is 2.47. The SMILES string of the molecule is CCCCCCCC/C=C/CC/C=C/C(O)C(COP(=O)(O)OC1C(O)C(O)C(O)C(O)C1O)NC(=O)CC(O)CCCCCCCCCCCCCCCC. The lowest BCUT2D eigenvalue weighted by Gasteiger charge is -2.41. The van der Waals surface area contributed by atoms with E-state index in [4.69, 9.17) is 9.05 Å². The van der Waals surface area contributed by atoms with Gasteiger partial charge in [0.05, 0.1) is 31.3 Å². The summed E-state index contributed by atoms with van der Waals surface area (Å²) in [5.41, 5.74) is 0. The first-order chi connectivity index (χ1) is 26.8. The highest BCUT2D eigenvalue weighted by molar-refractivity contribution is 7.47. The molecule has 56 heavy (non-hydrogen) atoms. The van der Waals surface area contributed by atoms with Crippen molar-refractivity contribution < 1.29 is 59.0 Å². The first-order valence-corrected chi connectivity index (χ1v) is 23.4. The third-order valence-corrected chi connectivity index (χ3v) is 11.5. The summed E-state index contributed by atoms with van der Waals surface area (Å²) in [6.45, 7) is 3.69. The van der Waals surface area contributed by atoms with Crippen LogP contribution < -0.4 is 5.32 Å². The molecule has 0 spiro atoms. The van der Waals surface area contributed by atoms with E-state index in [2.05, 4.69) is 31.3 Å². The number of unbranched alkanes of at least 4 members (excludes halogenated alkanes) is 20. The fourth-order valence-corrected chi connectivity index (χ4v) is 7.87. The van der Waals surface area contributed by atoms with Crippen LogP contribution in [-0.4, -0.2) is 108 Å². The summed E-state index contributed by atoms with van der Waals surface area (Å²) in [7, 11) is -5.14. The van der Waals surface area contributed by atoms with Gasteiger partial charge >= 0.3 is 7.82 Å². The molecular formula is C42H80NO12P. The smallest absolute Gasteiger partial charge is 0.393 e. The summed E-state index contributed by atoms with van der Waals surface area (Å²) in [4.78, 5) is 23.3. The van der Waals surface area contributed by atoms with E-state index in [0.29, 0.717) is 12.8 Å². The van der Waals surface area contributed by atoms with Crippen LogP contribution in [-0.2, 0) is 18.4 Å². The van der Waals surface area contributed by atoms with E-state index in [0.717, 1.165) is 44.9 Å². The summed E-state index contributed by atoms with van der Waals surface area (Å²) in [5.74, 6) is -0.603. The second kappa shape index (κ2) is 32.6. The maximum Gasteiger partial charge on any atom is 0.472 e. The predicted molar refractivity (Wildman–Crippen MR) is 220 cm³/mol. The Morgan fingerprint density at radius 3 is 1.57 bits per heavy atom. The van der Waals surface area contributed by atoms with Crippen LogP contribution in [0.5, 0.6) is 0 Å². The minimum Gasteiger partial charge on any atom is -0.393 e. The third-order valence-electron chi connectivity index (χ3n) is 10.5. The van der Waals surface area contributed by atoms with Crippen molar-refractivity contribution in [3.05, 3.63) is 24.3 Å². The van der Waals surface area contributed by atoms with Crippen LogP contribution in [0.1, 0.15) is 174 Å². The predicted octanol–water partition coefficient (Wildman–Crippen LogP) is 6.42. The van der Waals surface area contributed by atoms with Crippen molar-refractivity contribution in [1.82, 2.24) is 5.32 Å². The summed E-state index contributed by atoms with van der Waals surface area (Å²) < 4.78 is 22.8. The van der Waals surface area contributed by atoms with Gasteiger partial charge in [0.1, 0.15) is 36.6 Å². The minimum absolute atomic E-state index is 0.249. The highest BCUT2D eigenvalue weighted by Gasteiger charge is 2.51. The van der Waals surface area contributed by atoms with Crippen molar-refractivity contribution in [2.45, 2.75) is 229 Å². The summed E-state index contributed by atoms with van der Waals surface area (Å²) >= 11 is 0. The van der Waals surface area contributed by atoms with Gasteiger partial charge in [0.25, 0.3) is 0 Å². The molecule has 1 rings (SSSR count). The van der Waals surface area contributed by atoms with Crippen LogP contribution in [0, 0.1) is 0 Å². The number of carbonyl (C=O) groups excluding carboxylic acids is 1. The molecule has 8 unspecified atom stereocenters. The molecule has 0 aromatic carbocycles. The Kier molecular flexibility index (Phi) is 30.7. The van der Waals surface area contributed by atoms with Gasteiger partial charge in [-0.3, -0.25) is 13.8 Å². The molecule has 0 aromatic heterocycles. The molecule has 14 heteroatoms. The molecule has 1 amide bonds. The number of hydrogen-bond acceptors (Lipinski definition) is 11. The van der Waals surface area contributed by atoms with Gasteiger partial charge in [0.2, 0.25) is 5.91 Å². The number of phosphoric acid groups is 1. The Labute approximate surface area is 337 Å². The molecule has 0 radical (unpaired) electrons. The number of carbonyl (C=O) groups is 1. The zero-order valence-corrected chi connectivity index (χ0v) is 35.4. The minimum atomic E-state index is -5.14. The van der Waals surface area contributed by atoms with E-state index >= 15 is 0 Å². The maximum atomic E-state index is 12.9. The molecule has 1 fully saturated rings. The summed E-state index contributed by atoms with van der Waals surface area (Å²) in [6.07, 6.45) is 20.0. The molecule has 1 saturated carbocycles. The molecule has 8 atom stereocenters. The van der Waals surface area contributed by atoms with E-state index < -0.39 is 75.2 Å². The molecular weight excluding hydrogens is 741 g/mol. The quantitative estimate of drug-likeness (QED) is 0.0192. The van der Waals surface area contributed by atoms with Gasteiger partial charge in [-0.05, 0) is 32.1 Å². The highest BCUT2D eigenvalue weighted by atomic mass is 31.2. The topological polar surface area (TPSA) is 226 Å². The number of aliphatic hydroxyl groups is 7. The van der Waals surface area contributed by atoms with Crippen LogP contribution in [0.2, 0.25) is 0 Å². The van der Waals surface area contributed by atoms with Crippen molar-refractivity contribution in [3.8, 4) is 0 Å². The fourth-order valence-electron chi connectivity index (χ4n) is 6.90. The van der Waals surface area contributed by atoms with Crippen LogP contribution >= 0.6 is 7.82 Å². The molecule has 1 aliphatic carbocycles. The lowest BCUT2D eigenvalue weighted by Crippen LogP contribution is -2.64. The lowest BCUT2D eigenvalue weighted by atomic mass is 9.85. The lowest BCUT2D eigenvalue weighted by molar-refractivity contribution is -0.220. The molecule has 0 aliphatic heterocycles. The Morgan fingerprint density at radius 1 is 0.625 bits per heavy atom. The average molecular weight is 822 g/mol. The molecule has 13 nitrogen and oxygen atoms in total. The van der Waals surface area contributed by atoms with Crippen LogP contribution in [0.25, 0.3) is 0 Å². The zero-order chi connectivity index (χ0) is 41.6. The Bertz CT molecular complexity index is 1060. The molecule has 0 saturated heterocycles. The van der Waals surface area contributed by atoms with E-state index in [9.17, 15) is 50.0 Å². The molecule has 9 N–H and O–H groups in total. The van der Waals surface area contributed by atoms with Crippen LogP contribution in [0.4, 0.5) is 0 Å². The van der Waals surface area contributed by atoms with Gasteiger partial charge in [0.15, 0.2) is 0 Å². The average Bonchev–Trinajstić information content (AvgIpc) is 3.17. The normalized spacial score (nSPS) is 24.4.